The second kappa shape index (κ2) is 7.53. The number of carbonyl (C=O) groups is 2. The smallest absolute Gasteiger partial charge is 0.230 e. The maximum Gasteiger partial charge on any atom is 0.230 e. The van der Waals surface area contributed by atoms with Gasteiger partial charge in [-0.25, -0.2) is 0 Å². The van der Waals surface area contributed by atoms with Crippen LogP contribution in [0.15, 0.2) is 12.2 Å². The van der Waals surface area contributed by atoms with Crippen LogP contribution in [0, 0.1) is 11.8 Å². The van der Waals surface area contributed by atoms with Gasteiger partial charge in [0.15, 0.2) is 0 Å². The number of rotatable bonds is 6. The first-order valence-corrected chi connectivity index (χ1v) is 10.3. The van der Waals surface area contributed by atoms with Crippen LogP contribution < -0.4 is 0 Å². The van der Waals surface area contributed by atoms with Crippen molar-refractivity contribution in [3.8, 4) is 0 Å². The van der Waals surface area contributed by atoms with Crippen LogP contribution in [0.5, 0.6) is 0 Å². The Hall–Kier alpha value is -1.44. The molecular weight excluding hydrogens is 346 g/mol. The lowest BCUT2D eigenvalue weighted by molar-refractivity contribution is -0.143. The van der Waals surface area contributed by atoms with Gasteiger partial charge in [-0.05, 0) is 26.4 Å². The van der Waals surface area contributed by atoms with E-state index in [9.17, 15) is 9.59 Å². The summed E-state index contributed by atoms with van der Waals surface area (Å²) in [5.41, 5.74) is -0.615. The molecule has 4 aliphatic rings. The third-order valence-electron chi connectivity index (χ3n) is 6.52. The number of nitrogens with zero attached hydrogens (tertiary/aromatic N) is 3. The number of likely N-dealkylation sites (N-methyl/N-ethyl adjacent to an activating group) is 1. The minimum Gasteiger partial charge on any atom is -0.380 e. The Morgan fingerprint density at radius 1 is 1.30 bits per heavy atom. The Labute approximate surface area is 161 Å². The monoisotopic (exact) mass is 377 g/mol. The molecule has 0 aromatic rings. The maximum absolute atomic E-state index is 13.4. The molecule has 4 atom stereocenters. The van der Waals surface area contributed by atoms with Crippen LogP contribution >= 0.6 is 0 Å². The molecule has 1 spiro atoms. The van der Waals surface area contributed by atoms with Crippen LogP contribution in [0.4, 0.5) is 0 Å². The van der Waals surface area contributed by atoms with E-state index in [2.05, 4.69) is 11.8 Å². The molecule has 0 radical (unpaired) electrons. The lowest BCUT2D eigenvalue weighted by Crippen LogP contribution is -2.47. The van der Waals surface area contributed by atoms with E-state index in [-0.39, 0.29) is 29.8 Å². The Kier molecular flexibility index (Phi) is 5.27. The van der Waals surface area contributed by atoms with Crippen LogP contribution in [-0.4, -0.2) is 97.2 Å². The summed E-state index contributed by atoms with van der Waals surface area (Å²) < 4.78 is 11.6. The summed E-state index contributed by atoms with van der Waals surface area (Å²) in [5.74, 6) is -0.626. The number of carbonyl (C=O) groups excluding carboxylic acids is 2. The van der Waals surface area contributed by atoms with Gasteiger partial charge in [0.2, 0.25) is 11.8 Å². The summed E-state index contributed by atoms with van der Waals surface area (Å²) >= 11 is 0. The standard InChI is InChI=1S/C20H31N3O4/c1-3-21-8-5-9-22(11-10-21)18(24)16-15-6-7-20(27-15)14-23(12-13-26-4-2)19(25)17(16)20/h6-7,15-17H,3-5,8-14H2,1-2H3/t15-,16+,17-,20-/m0/s1. The highest BCUT2D eigenvalue weighted by Gasteiger charge is 2.67. The summed E-state index contributed by atoms with van der Waals surface area (Å²) in [4.78, 5) is 32.6. The molecule has 150 valence electrons. The van der Waals surface area contributed by atoms with Crippen molar-refractivity contribution in [1.29, 1.82) is 0 Å². The molecule has 4 rings (SSSR count). The van der Waals surface area contributed by atoms with E-state index in [1.54, 1.807) is 0 Å². The second-order valence-electron chi connectivity index (χ2n) is 7.97. The van der Waals surface area contributed by atoms with Crippen molar-refractivity contribution in [2.45, 2.75) is 32.0 Å². The number of amides is 2. The molecule has 0 aliphatic carbocycles. The normalized spacial score (nSPS) is 35.8. The van der Waals surface area contributed by atoms with E-state index >= 15 is 0 Å². The van der Waals surface area contributed by atoms with E-state index in [0.29, 0.717) is 26.3 Å². The topological polar surface area (TPSA) is 62.3 Å². The van der Waals surface area contributed by atoms with Gasteiger partial charge in [-0.3, -0.25) is 9.59 Å². The van der Waals surface area contributed by atoms with E-state index in [4.69, 9.17) is 9.47 Å². The second-order valence-corrected chi connectivity index (χ2v) is 7.97. The number of fused-ring (bicyclic) bond motifs is 1. The molecule has 7 nitrogen and oxygen atoms in total. The Morgan fingerprint density at radius 3 is 2.93 bits per heavy atom. The maximum atomic E-state index is 13.4. The van der Waals surface area contributed by atoms with Gasteiger partial charge >= 0.3 is 0 Å². The molecule has 3 saturated heterocycles. The fraction of sp³-hybridized carbons (Fsp3) is 0.800. The van der Waals surface area contributed by atoms with Crippen molar-refractivity contribution in [3.63, 3.8) is 0 Å². The minimum absolute atomic E-state index is 0.0462. The van der Waals surface area contributed by atoms with Crippen LogP contribution in [0.3, 0.4) is 0 Å². The Morgan fingerprint density at radius 2 is 2.15 bits per heavy atom. The van der Waals surface area contributed by atoms with Crippen LogP contribution in [-0.2, 0) is 19.1 Å². The zero-order valence-corrected chi connectivity index (χ0v) is 16.4. The van der Waals surface area contributed by atoms with Crippen molar-refractivity contribution in [3.05, 3.63) is 12.2 Å². The molecule has 0 aromatic heterocycles. The first-order chi connectivity index (χ1) is 13.1. The summed E-state index contributed by atoms with van der Waals surface area (Å²) in [6.45, 7) is 10.8. The van der Waals surface area contributed by atoms with Gasteiger partial charge in [-0.2, -0.15) is 0 Å². The summed E-state index contributed by atoms with van der Waals surface area (Å²) in [6.07, 6.45) is 4.74. The zero-order chi connectivity index (χ0) is 19.0. The number of hydrogen-bond acceptors (Lipinski definition) is 5. The van der Waals surface area contributed by atoms with E-state index in [0.717, 1.165) is 39.1 Å². The summed E-state index contributed by atoms with van der Waals surface area (Å²) in [5, 5.41) is 0. The van der Waals surface area contributed by atoms with Gasteiger partial charge in [-0.1, -0.05) is 19.1 Å². The van der Waals surface area contributed by atoms with Crippen molar-refractivity contribution in [2.24, 2.45) is 11.8 Å². The van der Waals surface area contributed by atoms with E-state index in [1.165, 1.54) is 0 Å². The molecular formula is C20H31N3O4. The zero-order valence-electron chi connectivity index (χ0n) is 16.4. The number of hydrogen-bond donors (Lipinski definition) is 0. The number of ether oxygens (including phenoxy) is 2. The average Bonchev–Trinajstić information content (AvgIpc) is 3.22. The Balaban J connectivity index is 1.48. The largest absolute Gasteiger partial charge is 0.380 e. The van der Waals surface area contributed by atoms with Crippen molar-refractivity contribution < 1.29 is 19.1 Å². The fourth-order valence-corrected chi connectivity index (χ4v) is 5.09. The van der Waals surface area contributed by atoms with Crippen molar-refractivity contribution >= 4 is 11.8 Å². The van der Waals surface area contributed by atoms with Crippen LogP contribution in [0.25, 0.3) is 0 Å². The fourth-order valence-electron chi connectivity index (χ4n) is 5.09. The highest BCUT2D eigenvalue weighted by atomic mass is 16.5. The molecule has 7 heteroatoms. The third-order valence-corrected chi connectivity index (χ3v) is 6.52. The lowest BCUT2D eigenvalue weighted by atomic mass is 9.76. The lowest BCUT2D eigenvalue weighted by Gasteiger charge is -2.29. The van der Waals surface area contributed by atoms with Gasteiger partial charge in [-0.15, -0.1) is 0 Å². The van der Waals surface area contributed by atoms with Crippen molar-refractivity contribution in [2.75, 3.05) is 59.0 Å². The molecule has 2 bridgehead atoms. The van der Waals surface area contributed by atoms with Gasteiger partial charge in [0.05, 0.1) is 31.1 Å². The van der Waals surface area contributed by atoms with E-state index in [1.807, 2.05) is 28.9 Å². The molecule has 4 heterocycles. The quantitative estimate of drug-likeness (QED) is 0.494. The summed E-state index contributed by atoms with van der Waals surface area (Å²) in [7, 11) is 0. The van der Waals surface area contributed by atoms with Gasteiger partial charge in [0.1, 0.15) is 5.60 Å². The molecule has 0 aromatic carbocycles. The molecule has 27 heavy (non-hydrogen) atoms. The molecule has 0 saturated carbocycles. The molecule has 0 N–H and O–H groups in total. The highest BCUT2D eigenvalue weighted by Crippen LogP contribution is 2.52. The molecule has 0 unspecified atom stereocenters. The molecule has 3 fully saturated rings. The van der Waals surface area contributed by atoms with Gasteiger partial charge < -0.3 is 24.2 Å². The predicted octanol–water partition coefficient (Wildman–Crippen LogP) is 0.359. The minimum atomic E-state index is -0.615. The molecule has 2 amide bonds. The number of likely N-dealkylation sites (tertiary alicyclic amines) is 1. The van der Waals surface area contributed by atoms with Gasteiger partial charge in [0.25, 0.3) is 0 Å². The van der Waals surface area contributed by atoms with Crippen LogP contribution in [0.2, 0.25) is 0 Å². The Bertz CT molecular complexity index is 624. The van der Waals surface area contributed by atoms with E-state index < -0.39 is 5.60 Å². The van der Waals surface area contributed by atoms with Crippen LogP contribution in [0.1, 0.15) is 20.3 Å². The third kappa shape index (κ3) is 3.19. The predicted molar refractivity (Wildman–Crippen MR) is 100 cm³/mol. The first kappa shape index (κ1) is 18.9. The average molecular weight is 377 g/mol. The van der Waals surface area contributed by atoms with Crippen molar-refractivity contribution in [1.82, 2.24) is 14.7 Å². The molecule has 4 aliphatic heterocycles. The SMILES string of the molecule is CCOCCN1C[C@]23C=C[C@H](O2)[C@@H](C(=O)N2CCCN(CC)CC2)[C@H]3C1=O. The summed E-state index contributed by atoms with van der Waals surface area (Å²) in [6, 6.07) is 0. The van der Waals surface area contributed by atoms with Gasteiger partial charge in [0, 0.05) is 32.8 Å². The first-order valence-electron chi connectivity index (χ1n) is 10.3. The highest BCUT2D eigenvalue weighted by molar-refractivity contribution is 5.93.